The lowest BCUT2D eigenvalue weighted by molar-refractivity contribution is 0.507. The molecule has 2 aromatic heterocycles. The lowest BCUT2D eigenvalue weighted by atomic mass is 9.91. The zero-order valence-electron chi connectivity index (χ0n) is 11.1. The van der Waals surface area contributed by atoms with Crippen molar-refractivity contribution in [1.29, 1.82) is 5.26 Å². The van der Waals surface area contributed by atoms with E-state index >= 15 is 0 Å². The van der Waals surface area contributed by atoms with Crippen molar-refractivity contribution in [3.05, 3.63) is 28.7 Å². The quantitative estimate of drug-likeness (QED) is 0.856. The van der Waals surface area contributed by atoms with Crippen LogP contribution < -0.4 is 4.90 Å². The number of nitriles is 1. The predicted molar refractivity (Wildman–Crippen MR) is 79.2 cm³/mol. The van der Waals surface area contributed by atoms with Gasteiger partial charge in [0.05, 0.1) is 6.20 Å². The molecule has 0 atom stereocenters. The van der Waals surface area contributed by atoms with Crippen LogP contribution in [-0.4, -0.2) is 27.2 Å². The van der Waals surface area contributed by atoms with E-state index < -0.39 is 0 Å². The molecule has 0 saturated carbocycles. The predicted octanol–water partition coefficient (Wildman–Crippen LogP) is 2.79. The molecule has 7 heteroatoms. The van der Waals surface area contributed by atoms with Gasteiger partial charge in [-0.05, 0) is 35.9 Å². The second-order valence-corrected chi connectivity index (χ2v) is 6.08. The number of anilines is 1. The van der Waals surface area contributed by atoms with Crippen molar-refractivity contribution in [2.45, 2.75) is 18.8 Å². The van der Waals surface area contributed by atoms with Crippen LogP contribution in [0.3, 0.4) is 0 Å². The fourth-order valence-corrected chi connectivity index (χ4v) is 3.72. The van der Waals surface area contributed by atoms with Gasteiger partial charge in [-0.1, -0.05) is 11.6 Å². The molecule has 0 N–H and O–H groups in total. The number of nitrogens with zero attached hydrogens (tertiary/aromatic N) is 5. The molecule has 5 nitrogen and oxygen atoms in total. The molecule has 1 aliphatic heterocycles. The van der Waals surface area contributed by atoms with Crippen molar-refractivity contribution >= 4 is 28.1 Å². The number of aryl methyl sites for hydroxylation is 1. The van der Waals surface area contributed by atoms with Gasteiger partial charge in [-0.25, -0.2) is 0 Å². The first-order chi connectivity index (χ1) is 9.69. The van der Waals surface area contributed by atoms with Crippen LogP contribution in [0.5, 0.6) is 0 Å². The molecule has 3 rings (SSSR count). The standard InChI is InChI=1S/C13H14ClN5S/c1-18-8-10(7-16-18)9-2-4-19(5-3-9)13-11(6-15)12(14)17-20-13/h7-9H,2-5H2,1H3. The SMILES string of the molecule is Cn1cc(C2CCN(c3snc(Cl)c3C#N)CC2)cn1. The summed E-state index contributed by atoms with van der Waals surface area (Å²) in [5.41, 5.74) is 1.81. The minimum absolute atomic E-state index is 0.321. The molecule has 3 heterocycles. The highest BCUT2D eigenvalue weighted by Crippen LogP contribution is 2.35. The molecule has 0 spiro atoms. The molecule has 0 aromatic carbocycles. The molecule has 0 aliphatic carbocycles. The van der Waals surface area contributed by atoms with E-state index in [0.29, 0.717) is 16.6 Å². The van der Waals surface area contributed by atoms with Crippen molar-refractivity contribution in [3.63, 3.8) is 0 Å². The van der Waals surface area contributed by atoms with Crippen molar-refractivity contribution in [3.8, 4) is 6.07 Å². The number of rotatable bonds is 2. The van der Waals surface area contributed by atoms with Gasteiger partial charge in [-0.2, -0.15) is 14.7 Å². The van der Waals surface area contributed by atoms with E-state index in [1.165, 1.54) is 17.1 Å². The van der Waals surface area contributed by atoms with Crippen molar-refractivity contribution in [2.75, 3.05) is 18.0 Å². The topological polar surface area (TPSA) is 57.7 Å². The first kappa shape index (κ1) is 13.4. The third-order valence-corrected chi connectivity index (χ3v) is 5.01. The van der Waals surface area contributed by atoms with Gasteiger partial charge in [0, 0.05) is 26.3 Å². The Hall–Kier alpha value is -1.58. The van der Waals surface area contributed by atoms with E-state index in [1.54, 1.807) is 0 Å². The highest BCUT2D eigenvalue weighted by atomic mass is 35.5. The maximum atomic E-state index is 9.15. The fraction of sp³-hybridized carbons (Fsp3) is 0.462. The van der Waals surface area contributed by atoms with Gasteiger partial charge in [-0.15, -0.1) is 0 Å². The molecule has 1 fully saturated rings. The minimum Gasteiger partial charge on any atom is -0.361 e. The van der Waals surface area contributed by atoms with E-state index in [1.807, 2.05) is 17.9 Å². The van der Waals surface area contributed by atoms with Gasteiger partial charge in [0.1, 0.15) is 16.6 Å². The molecular weight excluding hydrogens is 294 g/mol. The maximum Gasteiger partial charge on any atom is 0.162 e. The summed E-state index contributed by atoms with van der Waals surface area (Å²) in [4.78, 5) is 2.22. The van der Waals surface area contributed by atoms with Crippen molar-refractivity contribution < 1.29 is 0 Å². The number of hydrogen-bond acceptors (Lipinski definition) is 5. The summed E-state index contributed by atoms with van der Waals surface area (Å²) >= 11 is 7.24. The Kier molecular flexibility index (Phi) is 3.64. The zero-order valence-corrected chi connectivity index (χ0v) is 12.7. The van der Waals surface area contributed by atoms with E-state index in [0.717, 1.165) is 30.9 Å². The molecule has 20 heavy (non-hydrogen) atoms. The van der Waals surface area contributed by atoms with Gasteiger partial charge in [-0.3, -0.25) is 4.68 Å². The molecule has 0 radical (unpaired) electrons. The van der Waals surface area contributed by atoms with Crippen LogP contribution in [0.4, 0.5) is 5.00 Å². The number of halogens is 1. The van der Waals surface area contributed by atoms with Crippen LogP contribution in [0.25, 0.3) is 0 Å². The van der Waals surface area contributed by atoms with E-state index in [-0.39, 0.29) is 0 Å². The van der Waals surface area contributed by atoms with Crippen molar-refractivity contribution in [1.82, 2.24) is 14.2 Å². The van der Waals surface area contributed by atoms with Gasteiger partial charge in [0.2, 0.25) is 0 Å². The Morgan fingerprint density at radius 3 is 2.80 bits per heavy atom. The summed E-state index contributed by atoms with van der Waals surface area (Å²) in [6.45, 7) is 1.85. The molecule has 0 unspecified atom stereocenters. The van der Waals surface area contributed by atoms with Crippen LogP contribution in [0, 0.1) is 11.3 Å². The largest absolute Gasteiger partial charge is 0.361 e. The Labute approximate surface area is 126 Å². The van der Waals surface area contributed by atoms with Crippen LogP contribution in [0.15, 0.2) is 12.4 Å². The molecule has 0 amide bonds. The summed E-state index contributed by atoms with van der Waals surface area (Å²) in [5.74, 6) is 0.550. The summed E-state index contributed by atoms with van der Waals surface area (Å²) in [6, 6.07) is 2.15. The normalized spacial score (nSPS) is 16.4. The Morgan fingerprint density at radius 1 is 1.45 bits per heavy atom. The second kappa shape index (κ2) is 5.43. The third kappa shape index (κ3) is 2.39. The van der Waals surface area contributed by atoms with E-state index in [9.17, 15) is 0 Å². The molecule has 1 saturated heterocycles. The van der Waals surface area contributed by atoms with Crippen molar-refractivity contribution in [2.24, 2.45) is 7.05 Å². The number of aromatic nitrogens is 3. The highest BCUT2D eigenvalue weighted by molar-refractivity contribution is 7.10. The van der Waals surface area contributed by atoms with Gasteiger partial charge >= 0.3 is 0 Å². The molecule has 2 aromatic rings. The first-order valence-electron chi connectivity index (χ1n) is 6.48. The Balaban J connectivity index is 1.71. The maximum absolute atomic E-state index is 9.15. The van der Waals surface area contributed by atoms with Gasteiger partial charge in [0.25, 0.3) is 0 Å². The van der Waals surface area contributed by atoms with Gasteiger partial charge < -0.3 is 4.90 Å². The summed E-state index contributed by atoms with van der Waals surface area (Å²) in [7, 11) is 1.94. The summed E-state index contributed by atoms with van der Waals surface area (Å²) in [5, 5.41) is 14.6. The number of hydrogen-bond donors (Lipinski definition) is 0. The second-order valence-electron chi connectivity index (χ2n) is 4.97. The fourth-order valence-electron chi connectivity index (χ4n) is 2.64. The lowest BCUT2D eigenvalue weighted by Crippen LogP contribution is -2.32. The zero-order chi connectivity index (χ0) is 14.1. The Morgan fingerprint density at radius 2 is 2.20 bits per heavy atom. The minimum atomic E-state index is 0.321. The lowest BCUT2D eigenvalue weighted by Gasteiger charge is -2.32. The summed E-state index contributed by atoms with van der Waals surface area (Å²) in [6.07, 6.45) is 6.16. The first-order valence-corrected chi connectivity index (χ1v) is 7.63. The molecule has 104 valence electrons. The van der Waals surface area contributed by atoms with E-state index in [4.69, 9.17) is 16.9 Å². The smallest absolute Gasteiger partial charge is 0.162 e. The van der Waals surface area contributed by atoms with Crippen LogP contribution in [0.1, 0.15) is 29.9 Å². The summed E-state index contributed by atoms with van der Waals surface area (Å²) < 4.78 is 5.92. The van der Waals surface area contributed by atoms with Crippen LogP contribution in [-0.2, 0) is 7.05 Å². The highest BCUT2D eigenvalue weighted by Gasteiger charge is 2.25. The average molecular weight is 308 g/mol. The average Bonchev–Trinajstić information content (AvgIpc) is 3.05. The monoisotopic (exact) mass is 307 g/mol. The molecule has 1 aliphatic rings. The van der Waals surface area contributed by atoms with Crippen LogP contribution in [0.2, 0.25) is 5.15 Å². The van der Waals surface area contributed by atoms with E-state index in [2.05, 4.69) is 26.6 Å². The molecule has 0 bridgehead atoms. The Bertz CT molecular complexity index is 648. The number of piperidine rings is 1. The van der Waals surface area contributed by atoms with Crippen LogP contribution >= 0.6 is 23.1 Å². The van der Waals surface area contributed by atoms with Gasteiger partial charge in [0.15, 0.2) is 5.15 Å². The third-order valence-electron chi connectivity index (χ3n) is 3.72. The molecular formula is C13H14ClN5S.